The third-order valence-corrected chi connectivity index (χ3v) is 2.72. The number of hydrogen-bond acceptors (Lipinski definition) is 4. The Balaban J connectivity index is 2.30. The molecule has 0 unspecified atom stereocenters. The number of nitrogens with one attached hydrogen (secondary N) is 3. The third kappa shape index (κ3) is 1.73. The molecule has 1 aromatic carbocycles. The molecule has 0 fully saturated rings. The lowest BCUT2D eigenvalue weighted by atomic mass is 10.0. The Morgan fingerprint density at radius 2 is 2.33 bits per heavy atom. The highest BCUT2D eigenvalue weighted by atomic mass is 15.4. The minimum Gasteiger partial charge on any atom is -0.324 e. The van der Waals surface area contributed by atoms with E-state index in [0.29, 0.717) is 0 Å². The normalized spacial score (nSPS) is 18.3. The van der Waals surface area contributed by atoms with Gasteiger partial charge in [-0.15, -0.1) is 0 Å². The van der Waals surface area contributed by atoms with Gasteiger partial charge in [0.15, 0.2) is 0 Å². The first-order valence-electron chi connectivity index (χ1n) is 4.82. The Labute approximate surface area is 87.7 Å². The van der Waals surface area contributed by atoms with Gasteiger partial charge in [0.25, 0.3) is 0 Å². The molecule has 0 heterocycles. The number of nitrogens with two attached hydrogens (primary N) is 1. The van der Waals surface area contributed by atoms with Crippen LogP contribution < -0.4 is 11.2 Å². The van der Waals surface area contributed by atoms with Crippen molar-refractivity contribution in [1.29, 1.82) is 10.9 Å². The van der Waals surface area contributed by atoms with Crippen molar-refractivity contribution in [2.45, 2.75) is 18.9 Å². The fourth-order valence-corrected chi connectivity index (χ4v) is 1.93. The van der Waals surface area contributed by atoms with Crippen LogP contribution >= 0.6 is 0 Å². The summed E-state index contributed by atoms with van der Waals surface area (Å²) in [5.41, 5.74) is 18.0. The van der Waals surface area contributed by atoms with Crippen LogP contribution in [-0.4, -0.2) is 5.84 Å². The van der Waals surface area contributed by atoms with Crippen molar-refractivity contribution < 1.29 is 0 Å². The molecule has 1 aliphatic rings. The number of aryl methyl sites for hydroxylation is 1. The monoisotopic (exact) mass is 203 g/mol. The van der Waals surface area contributed by atoms with E-state index in [1.54, 1.807) is 0 Å². The Morgan fingerprint density at radius 3 is 3.07 bits per heavy atom. The molecule has 0 radical (unpaired) electrons. The minimum absolute atomic E-state index is 0.136. The maximum Gasteiger partial charge on any atom is 0.147 e. The highest BCUT2D eigenvalue weighted by Gasteiger charge is 2.19. The van der Waals surface area contributed by atoms with E-state index in [1.807, 2.05) is 18.2 Å². The topological polar surface area (TPSA) is 98.1 Å². The average Bonchev–Trinajstić information content (AvgIpc) is 2.60. The molecule has 78 valence electrons. The molecular formula is C10H13N5. The Morgan fingerprint density at radius 1 is 1.53 bits per heavy atom. The van der Waals surface area contributed by atoms with Crippen LogP contribution in [0.4, 0.5) is 0 Å². The fraction of sp³-hybridized carbons (Fsp3) is 0.300. The number of amidine groups is 1. The molecule has 5 heteroatoms. The number of nitrogens with zero attached hydrogens (tertiary/aromatic N) is 1. The van der Waals surface area contributed by atoms with Crippen molar-refractivity contribution in [3.05, 3.63) is 34.9 Å². The van der Waals surface area contributed by atoms with Gasteiger partial charge >= 0.3 is 0 Å². The van der Waals surface area contributed by atoms with E-state index >= 15 is 0 Å². The maximum absolute atomic E-state index is 7.59. The van der Waals surface area contributed by atoms with Gasteiger partial charge in [-0.3, -0.25) is 5.41 Å². The highest BCUT2D eigenvalue weighted by molar-refractivity contribution is 5.96. The Kier molecular flexibility index (Phi) is 2.47. The van der Waals surface area contributed by atoms with Gasteiger partial charge in [-0.2, -0.15) is 5.53 Å². The van der Waals surface area contributed by atoms with Gasteiger partial charge in [0.1, 0.15) is 5.84 Å². The standard InChI is InChI=1S/C10H13N5/c11-9-4-2-6-5-7(1-3-8(6)9)10(12)14-15-13/h1,3,5,9H,2,4,11H2,(H3,12,13,14)/t9-/m0/s1. The van der Waals surface area contributed by atoms with Gasteiger partial charge in [0.05, 0.1) is 0 Å². The van der Waals surface area contributed by atoms with Crippen LogP contribution in [0.3, 0.4) is 0 Å². The lowest BCUT2D eigenvalue weighted by molar-refractivity contribution is 0.713. The van der Waals surface area contributed by atoms with Crippen molar-refractivity contribution in [2.75, 3.05) is 0 Å². The van der Waals surface area contributed by atoms with E-state index in [2.05, 4.69) is 10.6 Å². The molecule has 1 aromatic rings. The number of fused-ring (bicyclic) bond motifs is 1. The first-order valence-corrected chi connectivity index (χ1v) is 4.82. The van der Waals surface area contributed by atoms with Crippen LogP contribution in [-0.2, 0) is 6.42 Å². The molecule has 0 saturated carbocycles. The van der Waals surface area contributed by atoms with Crippen LogP contribution in [0.1, 0.15) is 29.2 Å². The lowest BCUT2D eigenvalue weighted by Gasteiger charge is -2.07. The number of benzene rings is 1. The predicted octanol–water partition coefficient (Wildman–Crippen LogP) is 1.49. The molecule has 1 aliphatic carbocycles. The molecule has 15 heavy (non-hydrogen) atoms. The van der Waals surface area contributed by atoms with E-state index in [4.69, 9.17) is 16.7 Å². The minimum atomic E-state index is 0.136. The summed E-state index contributed by atoms with van der Waals surface area (Å²) in [7, 11) is 0. The van der Waals surface area contributed by atoms with E-state index in [9.17, 15) is 0 Å². The summed E-state index contributed by atoms with van der Waals surface area (Å²) in [6.07, 6.45) is 1.94. The number of rotatable bonds is 2. The molecule has 0 aromatic heterocycles. The molecular weight excluding hydrogens is 190 g/mol. The predicted molar refractivity (Wildman–Crippen MR) is 56.8 cm³/mol. The van der Waals surface area contributed by atoms with Crippen LogP contribution in [0.15, 0.2) is 23.4 Å². The van der Waals surface area contributed by atoms with E-state index in [1.165, 1.54) is 11.1 Å². The Bertz CT molecular complexity index is 412. The second-order valence-corrected chi connectivity index (χ2v) is 3.66. The molecule has 0 spiro atoms. The molecule has 2 rings (SSSR count). The first kappa shape index (κ1) is 9.79. The van der Waals surface area contributed by atoms with Crippen LogP contribution in [0.2, 0.25) is 0 Å². The first-order chi connectivity index (χ1) is 7.22. The summed E-state index contributed by atoms with van der Waals surface area (Å²) in [4.78, 5) is 0. The zero-order chi connectivity index (χ0) is 10.8. The van der Waals surface area contributed by atoms with E-state index < -0.39 is 0 Å². The Hall–Kier alpha value is -1.75. The highest BCUT2D eigenvalue weighted by Crippen LogP contribution is 2.29. The average molecular weight is 203 g/mol. The lowest BCUT2D eigenvalue weighted by Crippen LogP contribution is -2.16. The summed E-state index contributed by atoms with van der Waals surface area (Å²) in [6.45, 7) is 0. The van der Waals surface area contributed by atoms with Gasteiger partial charge in [-0.05, 0) is 30.0 Å². The molecule has 0 bridgehead atoms. The largest absolute Gasteiger partial charge is 0.324 e. The quantitative estimate of drug-likeness (QED) is 0.253. The summed E-state index contributed by atoms with van der Waals surface area (Å²) < 4.78 is 0. The summed E-state index contributed by atoms with van der Waals surface area (Å²) >= 11 is 0. The van der Waals surface area contributed by atoms with Crippen molar-refractivity contribution in [3.63, 3.8) is 0 Å². The number of hydrogen-bond donors (Lipinski definition) is 4. The smallest absolute Gasteiger partial charge is 0.147 e. The van der Waals surface area contributed by atoms with Crippen molar-refractivity contribution in [3.8, 4) is 0 Å². The van der Waals surface area contributed by atoms with Crippen molar-refractivity contribution >= 4 is 5.84 Å². The maximum atomic E-state index is 7.59. The van der Waals surface area contributed by atoms with Crippen LogP contribution in [0.5, 0.6) is 0 Å². The van der Waals surface area contributed by atoms with Gasteiger partial charge < -0.3 is 5.73 Å². The molecule has 0 amide bonds. The molecule has 1 atom stereocenters. The van der Waals surface area contributed by atoms with E-state index in [-0.39, 0.29) is 11.9 Å². The SMILES string of the molecule is N=NNC(=N)c1ccc2c(c1)CC[C@@H]2N. The van der Waals surface area contributed by atoms with Gasteiger partial charge in [0.2, 0.25) is 0 Å². The molecule has 5 nitrogen and oxygen atoms in total. The van der Waals surface area contributed by atoms with E-state index in [0.717, 1.165) is 18.4 Å². The van der Waals surface area contributed by atoms with Crippen LogP contribution in [0.25, 0.3) is 0 Å². The second kappa shape index (κ2) is 3.78. The second-order valence-electron chi connectivity index (χ2n) is 3.66. The summed E-state index contributed by atoms with van der Waals surface area (Å²) in [5.74, 6) is 0.147. The van der Waals surface area contributed by atoms with Crippen molar-refractivity contribution in [1.82, 2.24) is 5.43 Å². The van der Waals surface area contributed by atoms with Gasteiger partial charge in [0, 0.05) is 11.6 Å². The zero-order valence-electron chi connectivity index (χ0n) is 8.25. The van der Waals surface area contributed by atoms with Gasteiger partial charge in [-0.25, -0.2) is 5.43 Å². The molecule has 0 saturated heterocycles. The fourth-order valence-electron chi connectivity index (χ4n) is 1.93. The zero-order valence-corrected chi connectivity index (χ0v) is 8.25. The van der Waals surface area contributed by atoms with Crippen molar-refractivity contribution in [2.24, 2.45) is 11.0 Å². The van der Waals surface area contributed by atoms with Crippen LogP contribution in [0, 0.1) is 10.9 Å². The molecule has 0 aliphatic heterocycles. The molecule has 5 N–H and O–H groups in total. The summed E-state index contributed by atoms with van der Waals surface area (Å²) in [6, 6.07) is 5.88. The van der Waals surface area contributed by atoms with Gasteiger partial charge in [-0.1, -0.05) is 17.4 Å². The third-order valence-electron chi connectivity index (χ3n) is 2.72. The summed E-state index contributed by atoms with van der Waals surface area (Å²) in [5, 5.41) is 10.6.